The average Bonchev–Trinajstić information content (AvgIpc) is 2.30. The molecule has 0 aromatic heterocycles. The van der Waals surface area contributed by atoms with Crippen LogP contribution in [0, 0.1) is 6.92 Å². The van der Waals surface area contributed by atoms with Gasteiger partial charge in [0.05, 0.1) is 6.04 Å². The first-order chi connectivity index (χ1) is 7.29. The summed E-state index contributed by atoms with van der Waals surface area (Å²) in [5, 5.41) is 0. The summed E-state index contributed by atoms with van der Waals surface area (Å²) in [6, 6.07) is 8.55. The molecule has 0 bridgehead atoms. The van der Waals surface area contributed by atoms with Gasteiger partial charge in [-0.3, -0.25) is 0 Å². The van der Waals surface area contributed by atoms with Crippen LogP contribution >= 0.6 is 0 Å². The van der Waals surface area contributed by atoms with Crippen molar-refractivity contribution in [3.63, 3.8) is 0 Å². The molecule has 2 rings (SSSR count). The average molecular weight is 201 g/mol. The second kappa shape index (κ2) is 4.63. The van der Waals surface area contributed by atoms with E-state index < -0.39 is 0 Å². The van der Waals surface area contributed by atoms with Crippen LogP contribution in [0.1, 0.15) is 42.9 Å². The highest BCUT2D eigenvalue weighted by atomic mass is 14.6. The van der Waals surface area contributed by atoms with Crippen LogP contribution in [-0.2, 0) is 0 Å². The summed E-state index contributed by atoms with van der Waals surface area (Å²) >= 11 is 0. The number of rotatable bonds is 2. The summed E-state index contributed by atoms with van der Waals surface area (Å²) in [6.45, 7) is 2.14. The maximum atomic E-state index is 6.30. The molecule has 1 aromatic carbocycles. The molecule has 0 amide bonds. The molecule has 2 N–H and O–H groups in total. The molecule has 1 heteroatoms. The molecule has 1 aliphatic carbocycles. The Morgan fingerprint density at radius 1 is 1.20 bits per heavy atom. The summed E-state index contributed by atoms with van der Waals surface area (Å²) in [5.74, 6) is 0. The molecule has 0 heterocycles. The van der Waals surface area contributed by atoms with Crippen molar-refractivity contribution in [3.8, 4) is 0 Å². The van der Waals surface area contributed by atoms with E-state index in [0.717, 1.165) is 0 Å². The highest BCUT2D eigenvalue weighted by molar-refractivity contribution is 5.34. The van der Waals surface area contributed by atoms with Gasteiger partial charge < -0.3 is 5.73 Å². The molecule has 1 unspecified atom stereocenters. The van der Waals surface area contributed by atoms with Crippen LogP contribution in [0.3, 0.4) is 0 Å². The Morgan fingerprint density at radius 3 is 2.67 bits per heavy atom. The van der Waals surface area contributed by atoms with Gasteiger partial charge in [0.15, 0.2) is 0 Å². The van der Waals surface area contributed by atoms with Gasteiger partial charge in [-0.2, -0.15) is 0 Å². The monoisotopic (exact) mass is 201 g/mol. The molecular formula is C14H19N. The molecule has 0 aliphatic heterocycles. The van der Waals surface area contributed by atoms with Gasteiger partial charge in [0, 0.05) is 0 Å². The normalized spacial score (nSPS) is 18.4. The maximum Gasteiger partial charge on any atom is 0.0513 e. The van der Waals surface area contributed by atoms with Crippen LogP contribution in [0.4, 0.5) is 0 Å². The van der Waals surface area contributed by atoms with Gasteiger partial charge in [0.1, 0.15) is 0 Å². The predicted molar refractivity (Wildman–Crippen MR) is 64.7 cm³/mol. The summed E-state index contributed by atoms with van der Waals surface area (Å²) in [5.41, 5.74) is 10.3. The molecule has 1 aliphatic rings. The Bertz CT molecular complexity index is 365. The third-order valence-electron chi connectivity index (χ3n) is 3.25. The quantitative estimate of drug-likeness (QED) is 0.728. The Morgan fingerprint density at radius 2 is 2.00 bits per heavy atom. The van der Waals surface area contributed by atoms with E-state index in [-0.39, 0.29) is 6.04 Å². The van der Waals surface area contributed by atoms with Crippen molar-refractivity contribution in [2.75, 3.05) is 0 Å². The lowest BCUT2D eigenvalue weighted by Crippen LogP contribution is -2.15. The zero-order valence-electron chi connectivity index (χ0n) is 9.37. The lowest BCUT2D eigenvalue weighted by Gasteiger charge is -2.21. The molecule has 1 nitrogen and oxygen atoms in total. The molecule has 1 aromatic rings. The first-order valence-electron chi connectivity index (χ1n) is 5.79. The fourth-order valence-corrected chi connectivity index (χ4v) is 2.28. The minimum absolute atomic E-state index is 0.117. The Hall–Kier alpha value is -1.08. The SMILES string of the molecule is Cc1ccccc1C(N)C1=CCCCC1. The van der Waals surface area contributed by atoms with Gasteiger partial charge in [0.25, 0.3) is 0 Å². The van der Waals surface area contributed by atoms with Crippen LogP contribution < -0.4 is 5.73 Å². The maximum absolute atomic E-state index is 6.30. The van der Waals surface area contributed by atoms with Gasteiger partial charge in [-0.15, -0.1) is 0 Å². The fraction of sp³-hybridized carbons (Fsp3) is 0.429. The van der Waals surface area contributed by atoms with Crippen molar-refractivity contribution < 1.29 is 0 Å². The number of hydrogen-bond donors (Lipinski definition) is 1. The first-order valence-corrected chi connectivity index (χ1v) is 5.79. The van der Waals surface area contributed by atoms with Gasteiger partial charge in [-0.05, 0) is 43.7 Å². The van der Waals surface area contributed by atoms with Crippen LogP contribution in [0.25, 0.3) is 0 Å². The smallest absolute Gasteiger partial charge is 0.0513 e. The molecule has 0 radical (unpaired) electrons. The Balaban J connectivity index is 2.23. The summed E-state index contributed by atoms with van der Waals surface area (Å²) in [6.07, 6.45) is 7.33. The van der Waals surface area contributed by atoms with Gasteiger partial charge in [0.2, 0.25) is 0 Å². The molecule has 0 saturated heterocycles. The molecule has 80 valence electrons. The lowest BCUT2D eigenvalue weighted by molar-refractivity contribution is 0.647. The second-order valence-electron chi connectivity index (χ2n) is 4.36. The summed E-state index contributed by atoms with van der Waals surface area (Å²) < 4.78 is 0. The largest absolute Gasteiger partial charge is 0.321 e. The van der Waals surface area contributed by atoms with E-state index >= 15 is 0 Å². The van der Waals surface area contributed by atoms with E-state index in [1.807, 2.05) is 0 Å². The van der Waals surface area contributed by atoms with Crippen molar-refractivity contribution in [2.45, 2.75) is 38.6 Å². The highest BCUT2D eigenvalue weighted by Gasteiger charge is 2.14. The Kier molecular flexibility index (Phi) is 3.22. The van der Waals surface area contributed by atoms with E-state index in [1.54, 1.807) is 0 Å². The number of allylic oxidation sites excluding steroid dienone is 1. The van der Waals surface area contributed by atoms with Crippen molar-refractivity contribution in [1.82, 2.24) is 0 Å². The third-order valence-corrected chi connectivity index (χ3v) is 3.25. The van der Waals surface area contributed by atoms with Crippen molar-refractivity contribution in [3.05, 3.63) is 47.0 Å². The summed E-state index contributed by atoms with van der Waals surface area (Å²) in [4.78, 5) is 0. The molecule has 15 heavy (non-hydrogen) atoms. The van der Waals surface area contributed by atoms with Gasteiger partial charge >= 0.3 is 0 Å². The number of hydrogen-bond acceptors (Lipinski definition) is 1. The molecule has 0 fully saturated rings. The number of nitrogens with two attached hydrogens (primary N) is 1. The van der Waals surface area contributed by atoms with Crippen molar-refractivity contribution in [1.29, 1.82) is 0 Å². The van der Waals surface area contributed by atoms with E-state index in [9.17, 15) is 0 Å². The standard InChI is InChI=1S/C14H19N/c1-11-7-5-6-10-13(11)14(15)12-8-3-2-4-9-12/h5-8,10,14H,2-4,9,15H2,1H3. The molecule has 1 atom stereocenters. The zero-order valence-corrected chi connectivity index (χ0v) is 9.37. The predicted octanol–water partition coefficient (Wildman–Crippen LogP) is 3.50. The first kappa shape index (κ1) is 10.4. The van der Waals surface area contributed by atoms with Gasteiger partial charge in [-0.1, -0.05) is 35.9 Å². The van der Waals surface area contributed by atoms with Gasteiger partial charge in [-0.25, -0.2) is 0 Å². The lowest BCUT2D eigenvalue weighted by atomic mass is 9.89. The fourth-order valence-electron chi connectivity index (χ4n) is 2.28. The third kappa shape index (κ3) is 2.29. The summed E-state index contributed by atoms with van der Waals surface area (Å²) in [7, 11) is 0. The number of aryl methyl sites for hydroxylation is 1. The van der Waals surface area contributed by atoms with Crippen molar-refractivity contribution in [2.24, 2.45) is 5.73 Å². The van der Waals surface area contributed by atoms with Crippen molar-refractivity contribution >= 4 is 0 Å². The van der Waals surface area contributed by atoms with E-state index in [4.69, 9.17) is 5.73 Å². The second-order valence-corrected chi connectivity index (χ2v) is 4.36. The van der Waals surface area contributed by atoms with Crippen LogP contribution in [0.2, 0.25) is 0 Å². The Labute approximate surface area is 92.0 Å². The number of benzene rings is 1. The van der Waals surface area contributed by atoms with Crippen LogP contribution in [-0.4, -0.2) is 0 Å². The topological polar surface area (TPSA) is 26.0 Å². The minimum Gasteiger partial charge on any atom is -0.321 e. The highest BCUT2D eigenvalue weighted by Crippen LogP contribution is 2.29. The minimum atomic E-state index is 0.117. The zero-order chi connectivity index (χ0) is 10.7. The molecular weight excluding hydrogens is 182 g/mol. The van der Waals surface area contributed by atoms with Crippen LogP contribution in [0.5, 0.6) is 0 Å². The van der Waals surface area contributed by atoms with E-state index in [2.05, 4.69) is 37.3 Å². The molecule has 0 saturated carbocycles. The van der Waals surface area contributed by atoms with E-state index in [0.29, 0.717) is 0 Å². The molecule has 0 spiro atoms. The van der Waals surface area contributed by atoms with E-state index in [1.165, 1.54) is 42.4 Å². The van der Waals surface area contributed by atoms with Crippen LogP contribution in [0.15, 0.2) is 35.9 Å².